The van der Waals surface area contributed by atoms with Crippen molar-refractivity contribution in [1.29, 1.82) is 0 Å². The molecule has 3 N–H and O–H groups in total. The maximum atomic E-state index is 12.3. The Morgan fingerprint density at radius 3 is 2.58 bits per heavy atom. The molecule has 1 saturated carbocycles. The summed E-state index contributed by atoms with van der Waals surface area (Å²) in [6.45, 7) is 6.45. The first-order valence-electron chi connectivity index (χ1n) is 6.19. The quantitative estimate of drug-likeness (QED) is 0.840. The predicted octanol–water partition coefficient (Wildman–Crippen LogP) is 2.56. The maximum absolute atomic E-state index is 12.3. The normalized spacial score (nSPS) is 21.4. The molecule has 0 aliphatic heterocycles. The Kier molecular flexibility index (Phi) is 3.58. The summed E-state index contributed by atoms with van der Waals surface area (Å²) in [6, 6.07) is 2.99. The van der Waals surface area contributed by atoms with Crippen molar-refractivity contribution in [2.45, 2.75) is 32.1 Å². The van der Waals surface area contributed by atoms with Crippen molar-refractivity contribution in [3.63, 3.8) is 0 Å². The van der Waals surface area contributed by atoms with Crippen molar-refractivity contribution in [3.8, 4) is 0 Å². The van der Waals surface area contributed by atoms with E-state index < -0.39 is 10.0 Å². The van der Waals surface area contributed by atoms with Gasteiger partial charge in [-0.05, 0) is 42.4 Å². The Bertz CT molecular complexity index is 611. The number of benzene rings is 1. The van der Waals surface area contributed by atoms with Gasteiger partial charge < -0.3 is 5.73 Å². The minimum Gasteiger partial charge on any atom is -0.397 e. The number of anilines is 1. The topological polar surface area (TPSA) is 72.2 Å². The summed E-state index contributed by atoms with van der Waals surface area (Å²) in [4.78, 5) is 0.202. The fourth-order valence-electron chi connectivity index (χ4n) is 2.17. The van der Waals surface area contributed by atoms with Gasteiger partial charge in [-0.3, -0.25) is 0 Å². The highest BCUT2D eigenvalue weighted by Gasteiger charge is 2.45. The molecule has 0 saturated heterocycles. The van der Waals surface area contributed by atoms with E-state index >= 15 is 0 Å². The lowest BCUT2D eigenvalue weighted by Crippen LogP contribution is -2.27. The Morgan fingerprint density at radius 1 is 1.47 bits per heavy atom. The van der Waals surface area contributed by atoms with E-state index in [1.54, 1.807) is 13.0 Å². The summed E-state index contributed by atoms with van der Waals surface area (Å²) in [6.07, 6.45) is 1.05. The van der Waals surface area contributed by atoms with E-state index in [1.165, 1.54) is 6.07 Å². The van der Waals surface area contributed by atoms with Gasteiger partial charge in [0.1, 0.15) is 0 Å². The van der Waals surface area contributed by atoms with Crippen LogP contribution in [0.2, 0.25) is 5.02 Å². The van der Waals surface area contributed by atoms with Crippen LogP contribution in [0.5, 0.6) is 0 Å². The first-order valence-corrected chi connectivity index (χ1v) is 8.05. The van der Waals surface area contributed by atoms with Crippen LogP contribution >= 0.6 is 11.6 Å². The molecule has 0 heterocycles. The zero-order chi connectivity index (χ0) is 14.4. The van der Waals surface area contributed by atoms with Gasteiger partial charge in [0.2, 0.25) is 10.0 Å². The average Bonchev–Trinajstić information content (AvgIpc) is 2.89. The van der Waals surface area contributed by atoms with Crippen LogP contribution in [0.3, 0.4) is 0 Å². The van der Waals surface area contributed by atoms with Gasteiger partial charge in [0.05, 0.1) is 15.6 Å². The highest BCUT2D eigenvalue weighted by molar-refractivity contribution is 7.89. The summed E-state index contributed by atoms with van der Waals surface area (Å²) in [5, 5.41) is 0.375. The summed E-state index contributed by atoms with van der Waals surface area (Å²) in [7, 11) is -3.52. The van der Waals surface area contributed by atoms with Crippen LogP contribution in [0.4, 0.5) is 5.69 Å². The lowest BCUT2D eigenvalue weighted by molar-refractivity contribution is 0.537. The van der Waals surface area contributed by atoms with Crippen LogP contribution in [0.1, 0.15) is 25.8 Å². The molecule has 0 spiro atoms. The molecule has 1 aliphatic rings. The minimum atomic E-state index is -3.52. The summed E-state index contributed by atoms with van der Waals surface area (Å²) >= 11 is 5.87. The smallest absolute Gasteiger partial charge is 0.240 e. The van der Waals surface area contributed by atoms with Gasteiger partial charge >= 0.3 is 0 Å². The number of nitrogens with two attached hydrogens (primary N) is 1. The third kappa shape index (κ3) is 3.04. The molecule has 4 nitrogen and oxygen atoms in total. The molecule has 1 fully saturated rings. The summed E-state index contributed by atoms with van der Waals surface area (Å²) < 4.78 is 27.2. The average molecular weight is 303 g/mol. The second-order valence-corrected chi connectivity index (χ2v) is 8.02. The molecule has 1 aliphatic carbocycles. The Balaban J connectivity index is 2.18. The fourth-order valence-corrected chi connectivity index (χ4v) is 3.73. The standard InChI is InChI=1S/C13H19ClN2O2S/c1-8-4-10(14)11(15)5-12(8)19(17,18)16-7-9-6-13(9,2)3/h4-5,9,16H,6-7,15H2,1-3H3. The molecule has 1 aromatic carbocycles. The predicted molar refractivity (Wildman–Crippen MR) is 77.7 cm³/mol. The molecule has 1 unspecified atom stereocenters. The number of halogens is 1. The van der Waals surface area contributed by atoms with E-state index in [-0.39, 0.29) is 16.0 Å². The van der Waals surface area contributed by atoms with Gasteiger partial charge in [-0.25, -0.2) is 13.1 Å². The molecule has 0 bridgehead atoms. The molecular formula is C13H19ClN2O2S. The van der Waals surface area contributed by atoms with Crippen LogP contribution in [-0.2, 0) is 10.0 Å². The molecule has 0 amide bonds. The van der Waals surface area contributed by atoms with E-state index in [9.17, 15) is 8.42 Å². The van der Waals surface area contributed by atoms with Gasteiger partial charge in [-0.15, -0.1) is 0 Å². The van der Waals surface area contributed by atoms with E-state index in [0.29, 0.717) is 23.0 Å². The molecule has 106 valence electrons. The Morgan fingerprint density at radius 2 is 2.05 bits per heavy atom. The second-order valence-electron chi connectivity index (χ2n) is 5.88. The fraction of sp³-hybridized carbons (Fsp3) is 0.538. The first kappa shape index (κ1) is 14.6. The first-order chi connectivity index (χ1) is 8.63. The number of sulfonamides is 1. The molecular weight excluding hydrogens is 284 g/mol. The number of rotatable bonds is 4. The number of hydrogen-bond acceptors (Lipinski definition) is 3. The zero-order valence-electron chi connectivity index (χ0n) is 11.3. The van der Waals surface area contributed by atoms with Crippen molar-refractivity contribution in [2.75, 3.05) is 12.3 Å². The third-order valence-electron chi connectivity index (χ3n) is 3.82. The van der Waals surface area contributed by atoms with Gasteiger partial charge in [0.15, 0.2) is 0 Å². The van der Waals surface area contributed by atoms with Gasteiger partial charge in [-0.1, -0.05) is 25.4 Å². The van der Waals surface area contributed by atoms with E-state index in [4.69, 9.17) is 17.3 Å². The molecule has 1 atom stereocenters. The van der Waals surface area contributed by atoms with E-state index in [2.05, 4.69) is 18.6 Å². The van der Waals surface area contributed by atoms with Crippen molar-refractivity contribution in [1.82, 2.24) is 4.72 Å². The van der Waals surface area contributed by atoms with Crippen molar-refractivity contribution in [2.24, 2.45) is 11.3 Å². The third-order valence-corrected chi connectivity index (χ3v) is 5.71. The minimum absolute atomic E-state index is 0.202. The molecule has 0 aromatic heterocycles. The molecule has 0 radical (unpaired) electrons. The highest BCUT2D eigenvalue weighted by atomic mass is 35.5. The number of hydrogen-bond donors (Lipinski definition) is 2. The van der Waals surface area contributed by atoms with Crippen molar-refractivity contribution < 1.29 is 8.42 Å². The Hall–Kier alpha value is -0.780. The maximum Gasteiger partial charge on any atom is 0.240 e. The van der Waals surface area contributed by atoms with Gasteiger partial charge in [0, 0.05) is 6.54 Å². The number of aryl methyl sites for hydroxylation is 1. The second kappa shape index (κ2) is 4.65. The van der Waals surface area contributed by atoms with E-state index in [0.717, 1.165) is 6.42 Å². The van der Waals surface area contributed by atoms with Crippen molar-refractivity contribution in [3.05, 3.63) is 22.7 Å². The van der Waals surface area contributed by atoms with Crippen LogP contribution in [0.15, 0.2) is 17.0 Å². The van der Waals surface area contributed by atoms with Crippen LogP contribution in [0, 0.1) is 18.3 Å². The molecule has 19 heavy (non-hydrogen) atoms. The Labute approximate surface area is 119 Å². The number of nitrogens with one attached hydrogen (secondary N) is 1. The molecule has 6 heteroatoms. The summed E-state index contributed by atoms with van der Waals surface area (Å²) in [5.41, 5.74) is 6.80. The SMILES string of the molecule is Cc1cc(Cl)c(N)cc1S(=O)(=O)NCC1CC1(C)C. The highest BCUT2D eigenvalue weighted by Crippen LogP contribution is 2.51. The van der Waals surface area contributed by atoms with Crippen LogP contribution in [-0.4, -0.2) is 15.0 Å². The molecule has 2 rings (SSSR count). The lowest BCUT2D eigenvalue weighted by Gasteiger charge is -2.11. The van der Waals surface area contributed by atoms with Crippen LogP contribution in [0.25, 0.3) is 0 Å². The largest absolute Gasteiger partial charge is 0.397 e. The van der Waals surface area contributed by atoms with Crippen LogP contribution < -0.4 is 10.5 Å². The summed E-state index contributed by atoms with van der Waals surface area (Å²) in [5.74, 6) is 0.409. The zero-order valence-corrected chi connectivity index (χ0v) is 12.9. The van der Waals surface area contributed by atoms with Gasteiger partial charge in [-0.2, -0.15) is 0 Å². The van der Waals surface area contributed by atoms with Crippen molar-refractivity contribution >= 4 is 27.3 Å². The number of nitrogen functional groups attached to an aromatic ring is 1. The van der Waals surface area contributed by atoms with Gasteiger partial charge in [0.25, 0.3) is 0 Å². The monoisotopic (exact) mass is 302 g/mol. The van der Waals surface area contributed by atoms with E-state index in [1.807, 2.05) is 0 Å². The lowest BCUT2D eigenvalue weighted by atomic mass is 10.1. The molecule has 1 aromatic rings.